The third-order valence-electron chi connectivity index (χ3n) is 2.12. The van der Waals surface area contributed by atoms with Gasteiger partial charge in [-0.15, -0.1) is 0 Å². The third-order valence-corrected chi connectivity index (χ3v) is 2.12. The molecule has 2 rings (SSSR count). The van der Waals surface area contributed by atoms with Crippen molar-refractivity contribution in [3.05, 3.63) is 47.3 Å². The second-order valence-electron chi connectivity index (χ2n) is 3.51. The quantitative estimate of drug-likeness (QED) is 0.841. The highest BCUT2D eigenvalue weighted by Crippen LogP contribution is 2.15. The highest BCUT2D eigenvalue weighted by atomic mass is 19.1. The summed E-state index contributed by atoms with van der Waals surface area (Å²) in [4.78, 5) is 11.6. The minimum atomic E-state index is -0.828. The van der Waals surface area contributed by atoms with Crippen molar-refractivity contribution in [1.82, 2.24) is 10.2 Å². The Morgan fingerprint density at radius 3 is 2.71 bits per heavy atom. The van der Waals surface area contributed by atoms with Gasteiger partial charge in [0.1, 0.15) is 11.6 Å². The number of benzene rings is 1. The second kappa shape index (κ2) is 4.32. The molecule has 17 heavy (non-hydrogen) atoms. The Labute approximate surface area is 95.7 Å². The topological polar surface area (TPSA) is 57.8 Å². The lowest BCUT2D eigenvalue weighted by atomic mass is 10.3. The fourth-order valence-electron chi connectivity index (χ4n) is 1.31. The van der Waals surface area contributed by atoms with Crippen LogP contribution < -0.4 is 5.32 Å². The van der Waals surface area contributed by atoms with Crippen LogP contribution in [0.15, 0.2) is 24.3 Å². The average molecular weight is 237 g/mol. The Morgan fingerprint density at radius 2 is 2.12 bits per heavy atom. The predicted octanol–water partition coefficient (Wildman–Crippen LogP) is 2.25. The molecule has 0 saturated carbocycles. The normalized spacial score (nSPS) is 10.3. The van der Waals surface area contributed by atoms with E-state index >= 15 is 0 Å². The molecule has 0 radical (unpaired) electrons. The third kappa shape index (κ3) is 2.47. The van der Waals surface area contributed by atoms with E-state index in [2.05, 4.69) is 15.5 Å². The molecule has 1 aromatic carbocycles. The number of nitrogens with zero attached hydrogens (tertiary/aromatic N) is 1. The standard InChI is InChI=1S/C11H9F2N3O/c1-6-4-10(16-15-6)11(17)14-9-3-2-7(12)5-8(9)13/h2-5H,1H3,(H,14,17)(H,15,16). The van der Waals surface area contributed by atoms with Crippen molar-refractivity contribution in [2.24, 2.45) is 0 Å². The SMILES string of the molecule is Cc1cc(C(=O)Nc2ccc(F)cc2F)n[nH]1. The van der Waals surface area contributed by atoms with Crippen LogP contribution in [0.1, 0.15) is 16.2 Å². The lowest BCUT2D eigenvalue weighted by Gasteiger charge is -2.04. The van der Waals surface area contributed by atoms with Gasteiger partial charge in [-0.05, 0) is 25.1 Å². The van der Waals surface area contributed by atoms with Crippen LogP contribution in [0, 0.1) is 18.6 Å². The van der Waals surface area contributed by atoms with E-state index in [-0.39, 0.29) is 11.4 Å². The fraction of sp³-hybridized carbons (Fsp3) is 0.0909. The van der Waals surface area contributed by atoms with E-state index < -0.39 is 17.5 Å². The van der Waals surface area contributed by atoms with Crippen LogP contribution in [0.4, 0.5) is 14.5 Å². The number of carbonyl (C=O) groups is 1. The van der Waals surface area contributed by atoms with Crippen LogP contribution in [-0.4, -0.2) is 16.1 Å². The molecule has 0 aliphatic rings. The average Bonchev–Trinajstić information content (AvgIpc) is 2.69. The maximum absolute atomic E-state index is 13.2. The van der Waals surface area contributed by atoms with Crippen LogP contribution in [0.3, 0.4) is 0 Å². The molecule has 0 unspecified atom stereocenters. The first-order valence-corrected chi connectivity index (χ1v) is 4.84. The number of halogens is 2. The molecule has 1 heterocycles. The van der Waals surface area contributed by atoms with Gasteiger partial charge in [-0.1, -0.05) is 0 Å². The van der Waals surface area contributed by atoms with Gasteiger partial charge in [-0.25, -0.2) is 8.78 Å². The Hall–Kier alpha value is -2.24. The molecule has 0 fully saturated rings. The minimum Gasteiger partial charge on any atom is -0.318 e. The van der Waals surface area contributed by atoms with Gasteiger partial charge < -0.3 is 5.32 Å². The molecule has 0 aliphatic carbocycles. The zero-order valence-electron chi connectivity index (χ0n) is 8.92. The molecule has 2 aromatic rings. The number of aryl methyl sites for hydroxylation is 1. The maximum Gasteiger partial charge on any atom is 0.276 e. The molecular formula is C11H9F2N3O. The van der Waals surface area contributed by atoms with Gasteiger partial charge in [0.05, 0.1) is 5.69 Å². The van der Waals surface area contributed by atoms with E-state index in [1.807, 2.05) is 0 Å². The molecule has 4 nitrogen and oxygen atoms in total. The molecule has 0 saturated heterocycles. The highest BCUT2D eigenvalue weighted by molar-refractivity contribution is 6.02. The number of rotatable bonds is 2. The van der Waals surface area contributed by atoms with Crippen LogP contribution in [-0.2, 0) is 0 Å². The molecule has 1 amide bonds. The van der Waals surface area contributed by atoms with Crippen molar-refractivity contribution in [3.8, 4) is 0 Å². The van der Waals surface area contributed by atoms with E-state index in [0.29, 0.717) is 6.07 Å². The number of hydrogen-bond acceptors (Lipinski definition) is 2. The van der Waals surface area contributed by atoms with Crippen LogP contribution >= 0.6 is 0 Å². The van der Waals surface area contributed by atoms with Crippen molar-refractivity contribution >= 4 is 11.6 Å². The molecule has 0 bridgehead atoms. The van der Waals surface area contributed by atoms with Crippen molar-refractivity contribution in [3.63, 3.8) is 0 Å². The van der Waals surface area contributed by atoms with E-state index in [0.717, 1.165) is 17.8 Å². The number of aromatic amines is 1. The van der Waals surface area contributed by atoms with Gasteiger partial charge in [-0.3, -0.25) is 9.89 Å². The molecule has 88 valence electrons. The van der Waals surface area contributed by atoms with Crippen molar-refractivity contribution in [2.45, 2.75) is 6.92 Å². The van der Waals surface area contributed by atoms with Crippen LogP contribution in [0.2, 0.25) is 0 Å². The monoisotopic (exact) mass is 237 g/mol. The highest BCUT2D eigenvalue weighted by Gasteiger charge is 2.12. The van der Waals surface area contributed by atoms with Crippen molar-refractivity contribution in [2.75, 3.05) is 5.32 Å². The smallest absolute Gasteiger partial charge is 0.276 e. The Morgan fingerprint density at radius 1 is 1.35 bits per heavy atom. The second-order valence-corrected chi connectivity index (χ2v) is 3.51. The van der Waals surface area contributed by atoms with E-state index in [9.17, 15) is 13.6 Å². The van der Waals surface area contributed by atoms with Crippen LogP contribution in [0.25, 0.3) is 0 Å². The summed E-state index contributed by atoms with van der Waals surface area (Å²) in [6.07, 6.45) is 0. The maximum atomic E-state index is 13.2. The summed E-state index contributed by atoms with van der Waals surface area (Å²) in [5.74, 6) is -2.08. The van der Waals surface area contributed by atoms with Gasteiger partial charge in [-0.2, -0.15) is 5.10 Å². The van der Waals surface area contributed by atoms with Crippen molar-refractivity contribution < 1.29 is 13.6 Å². The van der Waals surface area contributed by atoms with Crippen LogP contribution in [0.5, 0.6) is 0 Å². The van der Waals surface area contributed by atoms with E-state index in [4.69, 9.17) is 0 Å². The lowest BCUT2D eigenvalue weighted by Crippen LogP contribution is -2.13. The number of H-pyrrole nitrogens is 1. The van der Waals surface area contributed by atoms with Gasteiger partial charge in [0.2, 0.25) is 0 Å². The molecule has 1 aromatic heterocycles. The van der Waals surface area contributed by atoms with Gasteiger partial charge in [0, 0.05) is 11.8 Å². The van der Waals surface area contributed by atoms with Crippen molar-refractivity contribution in [1.29, 1.82) is 0 Å². The number of carbonyl (C=O) groups excluding carboxylic acids is 1. The molecular weight excluding hydrogens is 228 g/mol. The first-order chi connectivity index (χ1) is 8.06. The summed E-state index contributed by atoms with van der Waals surface area (Å²) in [6, 6.07) is 4.44. The number of amides is 1. The van der Waals surface area contributed by atoms with Gasteiger partial charge in [0.15, 0.2) is 5.69 Å². The molecule has 0 aliphatic heterocycles. The number of anilines is 1. The molecule has 0 atom stereocenters. The number of aromatic nitrogens is 2. The summed E-state index contributed by atoms with van der Waals surface area (Å²) < 4.78 is 25.9. The minimum absolute atomic E-state index is 0.0861. The lowest BCUT2D eigenvalue weighted by molar-refractivity contribution is 0.102. The van der Waals surface area contributed by atoms with Gasteiger partial charge in [0.25, 0.3) is 5.91 Å². The first kappa shape index (κ1) is 11.3. The van der Waals surface area contributed by atoms with Gasteiger partial charge >= 0.3 is 0 Å². The molecule has 2 N–H and O–H groups in total. The summed E-state index contributed by atoms with van der Waals surface area (Å²) >= 11 is 0. The number of hydrogen-bond donors (Lipinski definition) is 2. The Kier molecular flexibility index (Phi) is 2.86. The summed E-state index contributed by atoms with van der Waals surface area (Å²) in [6.45, 7) is 1.74. The first-order valence-electron chi connectivity index (χ1n) is 4.84. The summed E-state index contributed by atoms with van der Waals surface area (Å²) in [5.41, 5.74) is 0.776. The fourth-order valence-corrected chi connectivity index (χ4v) is 1.31. The van der Waals surface area contributed by atoms with E-state index in [1.54, 1.807) is 6.92 Å². The predicted molar refractivity (Wildman–Crippen MR) is 57.6 cm³/mol. The Bertz CT molecular complexity index is 566. The largest absolute Gasteiger partial charge is 0.318 e. The Balaban J connectivity index is 2.18. The summed E-state index contributed by atoms with van der Waals surface area (Å²) in [5, 5.41) is 8.62. The van der Waals surface area contributed by atoms with E-state index in [1.165, 1.54) is 6.07 Å². The molecule has 6 heteroatoms. The zero-order valence-corrected chi connectivity index (χ0v) is 8.92. The zero-order chi connectivity index (χ0) is 12.4. The number of nitrogens with one attached hydrogen (secondary N) is 2. The molecule has 0 spiro atoms. The summed E-state index contributed by atoms with van der Waals surface area (Å²) in [7, 11) is 0.